The second-order valence-electron chi connectivity index (χ2n) is 5.17. The first-order chi connectivity index (χ1) is 10.1. The van der Waals surface area contributed by atoms with E-state index >= 15 is 0 Å². The van der Waals surface area contributed by atoms with Crippen LogP contribution in [0.15, 0.2) is 17.5 Å². The molecule has 3 rings (SSSR count). The number of piperazine rings is 1. The molecule has 1 aliphatic heterocycles. The number of nitrogens with two attached hydrogens (primary N) is 1. The van der Waals surface area contributed by atoms with Crippen LogP contribution >= 0.6 is 22.7 Å². The van der Waals surface area contributed by atoms with E-state index in [-0.39, 0.29) is 11.8 Å². The van der Waals surface area contributed by atoms with Crippen molar-refractivity contribution in [1.29, 1.82) is 0 Å². The Labute approximate surface area is 130 Å². The van der Waals surface area contributed by atoms with Crippen LogP contribution in [0.1, 0.15) is 16.6 Å². The Hall–Kier alpha value is -1.44. The molecule has 21 heavy (non-hydrogen) atoms. The number of amides is 2. The predicted octanol–water partition coefficient (Wildman–Crippen LogP) is 1.59. The van der Waals surface area contributed by atoms with E-state index in [1.807, 2.05) is 22.4 Å². The molecule has 0 aliphatic carbocycles. The third-order valence-corrected chi connectivity index (χ3v) is 5.70. The van der Waals surface area contributed by atoms with Crippen LogP contribution in [-0.2, 0) is 4.79 Å². The topological polar surface area (TPSA) is 66.6 Å². The quantitative estimate of drug-likeness (QED) is 0.913. The van der Waals surface area contributed by atoms with Gasteiger partial charge >= 0.3 is 0 Å². The number of rotatable bonds is 2. The summed E-state index contributed by atoms with van der Waals surface area (Å²) in [6.07, 6.45) is 0. The van der Waals surface area contributed by atoms with E-state index in [1.165, 1.54) is 11.3 Å². The van der Waals surface area contributed by atoms with Gasteiger partial charge in [0.1, 0.15) is 0 Å². The van der Waals surface area contributed by atoms with Crippen LogP contribution < -0.4 is 5.73 Å². The largest absolute Gasteiger partial charge is 0.338 e. The van der Waals surface area contributed by atoms with E-state index in [9.17, 15) is 9.59 Å². The molecule has 0 saturated carbocycles. The summed E-state index contributed by atoms with van der Waals surface area (Å²) in [7, 11) is 0. The van der Waals surface area contributed by atoms with Gasteiger partial charge in [0.25, 0.3) is 5.91 Å². The molecule has 2 N–H and O–H groups in total. The number of nitrogens with zero attached hydrogens (tertiary/aromatic N) is 2. The Kier molecular flexibility index (Phi) is 3.97. The Morgan fingerprint density at radius 2 is 1.86 bits per heavy atom. The highest BCUT2D eigenvalue weighted by Gasteiger charge is 2.26. The number of carbonyl (C=O) groups is 2. The molecule has 1 saturated heterocycles. The number of hydrogen-bond acceptors (Lipinski definition) is 5. The normalized spacial score (nSPS) is 17.2. The second-order valence-corrected chi connectivity index (χ2v) is 7.20. The first-order valence-electron chi connectivity index (χ1n) is 6.87. The molecule has 112 valence electrons. The summed E-state index contributed by atoms with van der Waals surface area (Å²) in [4.78, 5) is 28.7. The smallest absolute Gasteiger partial charge is 0.264 e. The van der Waals surface area contributed by atoms with Crippen molar-refractivity contribution in [3.05, 3.63) is 22.4 Å². The van der Waals surface area contributed by atoms with Gasteiger partial charge in [0.2, 0.25) is 5.91 Å². The van der Waals surface area contributed by atoms with Gasteiger partial charge < -0.3 is 15.5 Å². The number of thiophene rings is 2. The molecule has 0 unspecified atom stereocenters. The zero-order valence-electron chi connectivity index (χ0n) is 11.7. The Morgan fingerprint density at radius 1 is 1.19 bits per heavy atom. The molecular formula is C14H17N3O2S2. The summed E-state index contributed by atoms with van der Waals surface area (Å²) < 4.78 is 2.32. The van der Waals surface area contributed by atoms with E-state index in [0.29, 0.717) is 26.2 Å². The summed E-state index contributed by atoms with van der Waals surface area (Å²) in [6.45, 7) is 3.96. The van der Waals surface area contributed by atoms with Crippen molar-refractivity contribution in [1.82, 2.24) is 9.80 Å². The first-order valence-corrected chi connectivity index (χ1v) is 8.56. The van der Waals surface area contributed by atoms with E-state index in [1.54, 1.807) is 23.2 Å². The van der Waals surface area contributed by atoms with E-state index in [0.717, 1.165) is 14.3 Å². The lowest BCUT2D eigenvalue weighted by Gasteiger charge is -2.35. The SMILES string of the molecule is C[C@@H](N)C(=O)N1CCN(C(=O)c2cc3sccc3s2)CC1. The van der Waals surface area contributed by atoms with Gasteiger partial charge in [0.15, 0.2) is 0 Å². The van der Waals surface area contributed by atoms with E-state index < -0.39 is 6.04 Å². The Bertz CT molecular complexity index is 640. The zero-order valence-corrected chi connectivity index (χ0v) is 13.4. The maximum absolute atomic E-state index is 12.5. The van der Waals surface area contributed by atoms with Crippen LogP contribution in [0.2, 0.25) is 0 Å². The lowest BCUT2D eigenvalue weighted by atomic mass is 10.2. The molecule has 7 heteroatoms. The van der Waals surface area contributed by atoms with Crippen LogP contribution in [0.5, 0.6) is 0 Å². The van der Waals surface area contributed by atoms with Gasteiger partial charge in [-0.3, -0.25) is 9.59 Å². The lowest BCUT2D eigenvalue weighted by Crippen LogP contribution is -2.53. The summed E-state index contributed by atoms with van der Waals surface area (Å²) in [5.41, 5.74) is 5.61. The zero-order chi connectivity index (χ0) is 15.0. The molecule has 3 heterocycles. The molecule has 0 spiro atoms. The van der Waals surface area contributed by atoms with Crippen molar-refractivity contribution in [3.63, 3.8) is 0 Å². The molecule has 5 nitrogen and oxygen atoms in total. The van der Waals surface area contributed by atoms with Gasteiger partial charge in [-0.15, -0.1) is 22.7 Å². The number of fused-ring (bicyclic) bond motifs is 1. The van der Waals surface area contributed by atoms with E-state index in [4.69, 9.17) is 5.73 Å². The van der Waals surface area contributed by atoms with Crippen LogP contribution in [-0.4, -0.2) is 53.8 Å². The summed E-state index contributed by atoms with van der Waals surface area (Å²) in [5.74, 6) is 0.0232. The molecule has 1 aliphatic rings. The summed E-state index contributed by atoms with van der Waals surface area (Å²) in [5, 5.41) is 2.04. The fraction of sp³-hybridized carbons (Fsp3) is 0.429. The van der Waals surface area contributed by atoms with Crippen molar-refractivity contribution in [2.45, 2.75) is 13.0 Å². The Balaban J connectivity index is 1.65. The first kappa shape index (κ1) is 14.5. The number of carbonyl (C=O) groups excluding carboxylic acids is 2. The van der Waals surface area contributed by atoms with Gasteiger partial charge in [-0.25, -0.2) is 0 Å². The average Bonchev–Trinajstić information content (AvgIpc) is 3.07. The van der Waals surface area contributed by atoms with Crippen LogP contribution in [0.25, 0.3) is 9.40 Å². The maximum Gasteiger partial charge on any atom is 0.264 e. The minimum atomic E-state index is -0.476. The van der Waals surface area contributed by atoms with Gasteiger partial charge in [0, 0.05) is 35.6 Å². The van der Waals surface area contributed by atoms with Gasteiger partial charge in [-0.05, 0) is 24.4 Å². The van der Waals surface area contributed by atoms with Crippen molar-refractivity contribution in [2.75, 3.05) is 26.2 Å². The molecular weight excluding hydrogens is 306 g/mol. The summed E-state index contributed by atoms with van der Waals surface area (Å²) in [6, 6.07) is 3.53. The third kappa shape index (κ3) is 2.81. The highest BCUT2D eigenvalue weighted by molar-refractivity contribution is 7.27. The molecule has 2 aromatic heterocycles. The van der Waals surface area contributed by atoms with Crippen molar-refractivity contribution in [2.24, 2.45) is 5.73 Å². The highest BCUT2D eigenvalue weighted by atomic mass is 32.1. The molecule has 0 bridgehead atoms. The molecule has 2 amide bonds. The van der Waals surface area contributed by atoms with Gasteiger partial charge in [-0.2, -0.15) is 0 Å². The highest BCUT2D eigenvalue weighted by Crippen LogP contribution is 2.30. The average molecular weight is 323 g/mol. The Morgan fingerprint density at radius 3 is 2.48 bits per heavy atom. The molecule has 1 atom stereocenters. The minimum Gasteiger partial charge on any atom is -0.338 e. The van der Waals surface area contributed by atoms with Gasteiger partial charge in [0.05, 0.1) is 10.9 Å². The monoisotopic (exact) mass is 323 g/mol. The second kappa shape index (κ2) is 5.75. The minimum absolute atomic E-state index is 0.0428. The van der Waals surface area contributed by atoms with Crippen molar-refractivity contribution >= 4 is 43.9 Å². The van der Waals surface area contributed by atoms with Crippen LogP contribution in [0, 0.1) is 0 Å². The standard InChI is InChI=1S/C14H17N3O2S2/c1-9(15)13(18)16-3-5-17(6-4-16)14(19)12-8-11-10(21-12)2-7-20-11/h2,7-9H,3-6,15H2,1H3/t9-/m1/s1. The van der Waals surface area contributed by atoms with Crippen LogP contribution in [0.3, 0.4) is 0 Å². The maximum atomic E-state index is 12.5. The van der Waals surface area contributed by atoms with Gasteiger partial charge in [-0.1, -0.05) is 0 Å². The fourth-order valence-electron chi connectivity index (χ4n) is 2.44. The third-order valence-electron chi connectivity index (χ3n) is 3.62. The van der Waals surface area contributed by atoms with Crippen LogP contribution in [0.4, 0.5) is 0 Å². The molecule has 0 radical (unpaired) electrons. The predicted molar refractivity (Wildman–Crippen MR) is 85.8 cm³/mol. The van der Waals surface area contributed by atoms with E-state index in [2.05, 4.69) is 0 Å². The van der Waals surface area contributed by atoms with Crippen molar-refractivity contribution in [3.8, 4) is 0 Å². The molecule has 0 aromatic carbocycles. The molecule has 1 fully saturated rings. The van der Waals surface area contributed by atoms with Crippen molar-refractivity contribution < 1.29 is 9.59 Å². The molecule has 2 aromatic rings. The fourth-order valence-corrected chi connectivity index (χ4v) is 4.52. The number of hydrogen-bond donors (Lipinski definition) is 1. The summed E-state index contributed by atoms with van der Waals surface area (Å²) >= 11 is 3.19. The lowest BCUT2D eigenvalue weighted by molar-refractivity contribution is -0.133.